The number of rotatable bonds is 10. The molecule has 0 spiro atoms. The Morgan fingerprint density at radius 1 is 1.02 bits per heavy atom. The third-order valence-corrected chi connectivity index (χ3v) is 6.60. The summed E-state index contributed by atoms with van der Waals surface area (Å²) >= 11 is 0. The Hall–Kier alpha value is -5.14. The normalized spacial score (nSPS) is 16.6. The number of halogens is 3. The molecule has 1 saturated heterocycles. The van der Waals surface area contributed by atoms with Crippen LogP contribution in [0.3, 0.4) is 0 Å². The Labute approximate surface area is 249 Å². The Bertz CT molecular complexity index is 1560. The number of methoxy groups -OCH3 is 1. The van der Waals surface area contributed by atoms with Crippen molar-refractivity contribution < 1.29 is 51.3 Å². The van der Waals surface area contributed by atoms with E-state index in [1.54, 1.807) is 11.9 Å². The number of pyridine rings is 1. The fourth-order valence-corrected chi connectivity index (χ4v) is 4.06. The SMILES string of the molecule is COc1ccc(C(=O)c2ccc(OCC3(C)CN(c4ccccc4)NC3=O)nc2)c(OC(C)(C)C(=O)OC(=O)C(F)(F)F)c1. The van der Waals surface area contributed by atoms with Crippen molar-refractivity contribution in [2.24, 2.45) is 5.41 Å². The molecule has 1 aromatic heterocycles. The zero-order chi connectivity index (χ0) is 32.3. The molecule has 2 aromatic carbocycles. The van der Waals surface area contributed by atoms with Gasteiger partial charge in [0, 0.05) is 23.9 Å². The van der Waals surface area contributed by atoms with Crippen molar-refractivity contribution >= 4 is 29.3 Å². The van der Waals surface area contributed by atoms with Gasteiger partial charge in [0.2, 0.25) is 17.4 Å². The fourth-order valence-electron chi connectivity index (χ4n) is 4.06. The first kappa shape index (κ1) is 31.8. The molecule has 0 saturated carbocycles. The molecule has 1 unspecified atom stereocenters. The molecule has 0 bridgehead atoms. The molecule has 1 atom stereocenters. The van der Waals surface area contributed by atoms with Crippen molar-refractivity contribution in [3.05, 3.63) is 78.0 Å². The summed E-state index contributed by atoms with van der Waals surface area (Å²) in [5, 5.41) is 1.73. The lowest BCUT2D eigenvalue weighted by molar-refractivity contribution is -0.206. The van der Waals surface area contributed by atoms with Gasteiger partial charge in [-0.2, -0.15) is 13.2 Å². The van der Waals surface area contributed by atoms with E-state index in [1.807, 2.05) is 30.3 Å². The number of nitrogens with zero attached hydrogens (tertiary/aromatic N) is 2. The first-order chi connectivity index (χ1) is 20.6. The zero-order valence-electron chi connectivity index (χ0n) is 24.1. The van der Waals surface area contributed by atoms with Gasteiger partial charge < -0.3 is 18.9 Å². The van der Waals surface area contributed by atoms with E-state index in [0.29, 0.717) is 6.54 Å². The van der Waals surface area contributed by atoms with Crippen LogP contribution in [0.25, 0.3) is 0 Å². The molecule has 0 aliphatic carbocycles. The van der Waals surface area contributed by atoms with Crippen molar-refractivity contribution in [2.75, 3.05) is 25.3 Å². The Kier molecular flexibility index (Phi) is 8.83. The first-order valence-electron chi connectivity index (χ1n) is 13.1. The Balaban J connectivity index is 1.47. The first-order valence-corrected chi connectivity index (χ1v) is 13.1. The molecule has 1 aliphatic heterocycles. The van der Waals surface area contributed by atoms with E-state index in [1.165, 1.54) is 43.6 Å². The molecule has 1 aliphatic rings. The number of para-hydroxylation sites is 1. The van der Waals surface area contributed by atoms with Gasteiger partial charge >= 0.3 is 18.1 Å². The minimum absolute atomic E-state index is 0.000944. The molecule has 4 rings (SSSR count). The van der Waals surface area contributed by atoms with Crippen molar-refractivity contribution in [1.82, 2.24) is 10.4 Å². The summed E-state index contributed by atoms with van der Waals surface area (Å²) in [7, 11) is 1.33. The van der Waals surface area contributed by atoms with Crippen molar-refractivity contribution in [1.29, 1.82) is 0 Å². The second-order valence-electron chi connectivity index (χ2n) is 10.6. The van der Waals surface area contributed by atoms with E-state index in [-0.39, 0.29) is 41.0 Å². The highest BCUT2D eigenvalue weighted by molar-refractivity contribution is 6.10. The molecule has 1 amide bonds. The lowest BCUT2D eigenvalue weighted by Crippen LogP contribution is -2.43. The van der Waals surface area contributed by atoms with Crippen LogP contribution in [-0.2, 0) is 19.1 Å². The highest BCUT2D eigenvalue weighted by Crippen LogP contribution is 2.32. The minimum atomic E-state index is -5.39. The third-order valence-electron chi connectivity index (χ3n) is 6.60. The van der Waals surface area contributed by atoms with Crippen LogP contribution in [0, 0.1) is 5.41 Å². The molecule has 2 heterocycles. The van der Waals surface area contributed by atoms with Gasteiger partial charge in [-0.15, -0.1) is 0 Å². The van der Waals surface area contributed by atoms with Crippen LogP contribution in [-0.4, -0.2) is 60.7 Å². The lowest BCUT2D eigenvalue weighted by atomic mass is 9.92. The smallest absolute Gasteiger partial charge is 0.491 e. The van der Waals surface area contributed by atoms with Gasteiger partial charge in [-0.3, -0.25) is 20.0 Å². The summed E-state index contributed by atoms with van der Waals surface area (Å²) in [5.74, 6) is -5.03. The van der Waals surface area contributed by atoms with Gasteiger partial charge in [0.05, 0.1) is 24.9 Å². The zero-order valence-corrected chi connectivity index (χ0v) is 24.1. The molecular formula is C30H28F3N3O8. The van der Waals surface area contributed by atoms with Crippen LogP contribution >= 0.6 is 0 Å². The van der Waals surface area contributed by atoms with Crippen LogP contribution in [0.4, 0.5) is 18.9 Å². The van der Waals surface area contributed by atoms with E-state index in [4.69, 9.17) is 14.2 Å². The average Bonchev–Trinajstić information content (AvgIpc) is 3.29. The number of hydrogen-bond donors (Lipinski definition) is 1. The number of anilines is 1. The summed E-state index contributed by atoms with van der Waals surface area (Å²) in [5.41, 5.74) is 0.644. The van der Waals surface area contributed by atoms with E-state index in [0.717, 1.165) is 19.5 Å². The number of ether oxygens (including phenoxy) is 4. The number of aromatic nitrogens is 1. The van der Waals surface area contributed by atoms with Gasteiger partial charge in [-0.1, -0.05) is 18.2 Å². The van der Waals surface area contributed by atoms with Crippen molar-refractivity contribution in [2.45, 2.75) is 32.5 Å². The lowest BCUT2D eigenvalue weighted by Gasteiger charge is -2.25. The fraction of sp³-hybridized carbons (Fsp3) is 0.300. The molecule has 232 valence electrons. The van der Waals surface area contributed by atoms with Crippen LogP contribution in [0.15, 0.2) is 66.9 Å². The molecule has 3 aromatic rings. The third kappa shape index (κ3) is 7.07. The molecule has 0 radical (unpaired) electrons. The number of alkyl halides is 3. The molecule has 1 fully saturated rings. The maximum atomic E-state index is 13.4. The predicted octanol–water partition coefficient (Wildman–Crippen LogP) is 4.05. The maximum absolute atomic E-state index is 13.4. The van der Waals surface area contributed by atoms with Crippen molar-refractivity contribution in [3.63, 3.8) is 0 Å². The second kappa shape index (κ2) is 12.2. The summed E-state index contributed by atoms with van der Waals surface area (Å²) in [6, 6.07) is 16.2. The summed E-state index contributed by atoms with van der Waals surface area (Å²) in [6.07, 6.45) is -4.16. The largest absolute Gasteiger partial charge is 0.497 e. The van der Waals surface area contributed by atoms with Gasteiger partial charge in [-0.05, 0) is 51.1 Å². The summed E-state index contributed by atoms with van der Waals surface area (Å²) < 4.78 is 58.2. The number of amides is 1. The van der Waals surface area contributed by atoms with Gasteiger partial charge in [0.1, 0.15) is 23.5 Å². The number of benzene rings is 2. The second-order valence-corrected chi connectivity index (χ2v) is 10.6. The maximum Gasteiger partial charge on any atom is 0.491 e. The van der Waals surface area contributed by atoms with Crippen molar-refractivity contribution in [3.8, 4) is 17.4 Å². The molecular weight excluding hydrogens is 587 g/mol. The summed E-state index contributed by atoms with van der Waals surface area (Å²) in [6.45, 7) is 4.25. The number of hydrogen-bond acceptors (Lipinski definition) is 10. The molecule has 14 heteroatoms. The average molecular weight is 616 g/mol. The number of nitrogens with one attached hydrogen (secondary N) is 1. The molecule has 1 N–H and O–H groups in total. The number of carbonyl (C=O) groups is 4. The van der Waals surface area contributed by atoms with Gasteiger partial charge in [0.15, 0.2) is 5.78 Å². The summed E-state index contributed by atoms with van der Waals surface area (Å²) in [4.78, 5) is 53.7. The highest BCUT2D eigenvalue weighted by atomic mass is 19.4. The number of hydrazine groups is 1. The number of esters is 2. The number of ketones is 1. The predicted molar refractivity (Wildman–Crippen MR) is 148 cm³/mol. The van der Waals surface area contributed by atoms with E-state index in [2.05, 4.69) is 15.1 Å². The van der Waals surface area contributed by atoms with Crippen LogP contribution < -0.4 is 24.6 Å². The Morgan fingerprint density at radius 2 is 1.73 bits per heavy atom. The van der Waals surface area contributed by atoms with E-state index in [9.17, 15) is 32.3 Å². The minimum Gasteiger partial charge on any atom is -0.497 e. The topological polar surface area (TPSA) is 133 Å². The quantitative estimate of drug-likeness (QED) is 0.202. The van der Waals surface area contributed by atoms with Gasteiger partial charge in [-0.25, -0.2) is 14.6 Å². The van der Waals surface area contributed by atoms with E-state index < -0.39 is 34.9 Å². The van der Waals surface area contributed by atoms with Crippen LogP contribution in [0.2, 0.25) is 0 Å². The van der Waals surface area contributed by atoms with Crippen LogP contribution in [0.1, 0.15) is 36.7 Å². The highest BCUT2D eigenvalue weighted by Gasteiger charge is 2.46. The standard InChI is InChI=1S/C30H28F3N3O8/c1-28(2,26(39)43-27(40)30(31,32)33)44-22-14-20(41-4)11-12-21(22)24(37)18-10-13-23(34-15-18)42-17-29(3)16-36(35-25(29)38)19-8-6-5-7-9-19/h5-15H,16-17H2,1-4H3,(H,35,38). The van der Waals surface area contributed by atoms with Gasteiger partial charge in [0.25, 0.3) is 0 Å². The molecule has 44 heavy (non-hydrogen) atoms. The monoisotopic (exact) mass is 615 g/mol. The van der Waals surface area contributed by atoms with E-state index >= 15 is 0 Å². The number of carbonyl (C=O) groups excluding carboxylic acids is 4. The van der Waals surface area contributed by atoms with Crippen LogP contribution in [0.5, 0.6) is 17.4 Å². The Morgan fingerprint density at radius 3 is 2.34 bits per heavy atom. The molecule has 11 nitrogen and oxygen atoms in total.